The highest BCUT2D eigenvalue weighted by atomic mass is 35.5. The van der Waals surface area contributed by atoms with Crippen LogP contribution >= 0.6 is 23.2 Å². The fourth-order valence-electron chi connectivity index (χ4n) is 2.53. The number of carbonyl (C=O) groups is 1. The second-order valence-corrected chi connectivity index (χ2v) is 6.57. The van der Waals surface area contributed by atoms with Crippen molar-refractivity contribution in [1.29, 1.82) is 0 Å². The van der Waals surface area contributed by atoms with Crippen LogP contribution < -0.4 is 10.2 Å². The first-order chi connectivity index (χ1) is 13.5. The number of benzene rings is 2. The molecule has 6 nitrogen and oxygen atoms in total. The molecule has 8 heteroatoms. The minimum atomic E-state index is -0.341. The molecule has 144 valence electrons. The average molecular weight is 417 g/mol. The van der Waals surface area contributed by atoms with Crippen molar-refractivity contribution >= 4 is 35.3 Å². The Morgan fingerprint density at radius 3 is 2.61 bits per heavy atom. The first-order valence-corrected chi connectivity index (χ1v) is 9.33. The van der Waals surface area contributed by atoms with Crippen molar-refractivity contribution in [3.05, 3.63) is 75.5 Å². The van der Waals surface area contributed by atoms with E-state index in [1.54, 1.807) is 37.3 Å². The Balaban J connectivity index is 1.74. The number of hydrazone groups is 1. The van der Waals surface area contributed by atoms with Gasteiger partial charge in [-0.25, -0.2) is 10.1 Å². The molecule has 0 saturated heterocycles. The molecule has 1 N–H and O–H groups in total. The van der Waals surface area contributed by atoms with Gasteiger partial charge in [-0.3, -0.25) is 4.79 Å². The molecule has 0 unspecified atom stereocenters. The van der Waals surface area contributed by atoms with Crippen LogP contribution in [0.2, 0.25) is 10.2 Å². The van der Waals surface area contributed by atoms with Gasteiger partial charge in [-0.05, 0) is 50.2 Å². The molecule has 1 heterocycles. The van der Waals surface area contributed by atoms with Gasteiger partial charge in [-0.1, -0.05) is 35.3 Å². The first-order valence-electron chi connectivity index (χ1n) is 8.57. The maximum absolute atomic E-state index is 12.2. The number of hydrogen-bond acceptors (Lipinski definition) is 4. The molecule has 3 rings (SSSR count). The average Bonchev–Trinajstić information content (AvgIpc) is 2.97. The monoisotopic (exact) mass is 416 g/mol. The zero-order chi connectivity index (χ0) is 20.1. The summed E-state index contributed by atoms with van der Waals surface area (Å²) >= 11 is 12.7. The SMILES string of the molecule is CCOc1ccc(C(=O)N/N=C\c2c(C)nn(-c3ccccc3Cl)c2Cl)cc1. The quantitative estimate of drug-likeness (QED) is 0.469. The van der Waals surface area contributed by atoms with E-state index in [4.69, 9.17) is 27.9 Å². The predicted octanol–water partition coefficient (Wildman–Crippen LogP) is 4.65. The molecule has 0 aliphatic carbocycles. The minimum absolute atomic E-state index is 0.341. The summed E-state index contributed by atoms with van der Waals surface area (Å²) in [4.78, 5) is 12.2. The van der Waals surface area contributed by atoms with Crippen LogP contribution in [0, 0.1) is 6.92 Å². The van der Waals surface area contributed by atoms with Gasteiger partial charge in [0.2, 0.25) is 0 Å². The van der Waals surface area contributed by atoms with E-state index >= 15 is 0 Å². The zero-order valence-corrected chi connectivity index (χ0v) is 16.8. The summed E-state index contributed by atoms with van der Waals surface area (Å²) in [6.45, 7) is 4.27. The van der Waals surface area contributed by atoms with Gasteiger partial charge in [-0.15, -0.1) is 0 Å². The van der Waals surface area contributed by atoms with Gasteiger partial charge in [0.05, 0.1) is 34.8 Å². The van der Waals surface area contributed by atoms with Crippen LogP contribution in [0.4, 0.5) is 0 Å². The highest BCUT2D eigenvalue weighted by Gasteiger charge is 2.15. The Morgan fingerprint density at radius 2 is 1.93 bits per heavy atom. The molecule has 28 heavy (non-hydrogen) atoms. The third-order valence-corrected chi connectivity index (χ3v) is 4.60. The summed E-state index contributed by atoms with van der Waals surface area (Å²) < 4.78 is 6.89. The zero-order valence-electron chi connectivity index (χ0n) is 15.3. The number of aryl methyl sites for hydroxylation is 1. The van der Waals surface area contributed by atoms with Crippen molar-refractivity contribution in [3.8, 4) is 11.4 Å². The van der Waals surface area contributed by atoms with E-state index in [2.05, 4.69) is 15.6 Å². The van der Waals surface area contributed by atoms with Crippen molar-refractivity contribution in [2.45, 2.75) is 13.8 Å². The van der Waals surface area contributed by atoms with E-state index in [9.17, 15) is 4.79 Å². The second-order valence-electron chi connectivity index (χ2n) is 5.81. The summed E-state index contributed by atoms with van der Waals surface area (Å²) in [5, 5.41) is 9.29. The minimum Gasteiger partial charge on any atom is -0.494 e. The van der Waals surface area contributed by atoms with Gasteiger partial charge in [0, 0.05) is 5.56 Å². The van der Waals surface area contributed by atoms with Crippen LogP contribution in [0.5, 0.6) is 5.75 Å². The highest BCUT2D eigenvalue weighted by Crippen LogP contribution is 2.26. The molecule has 2 aromatic carbocycles. The number of halogens is 2. The lowest BCUT2D eigenvalue weighted by atomic mass is 10.2. The smallest absolute Gasteiger partial charge is 0.271 e. The van der Waals surface area contributed by atoms with Crippen molar-refractivity contribution < 1.29 is 9.53 Å². The Kier molecular flexibility index (Phi) is 6.34. The molecule has 0 spiro atoms. The number of nitrogens with one attached hydrogen (secondary N) is 1. The van der Waals surface area contributed by atoms with Crippen LogP contribution in [-0.2, 0) is 0 Å². The maximum atomic E-state index is 12.2. The van der Waals surface area contributed by atoms with Crippen molar-refractivity contribution in [1.82, 2.24) is 15.2 Å². The summed E-state index contributed by atoms with van der Waals surface area (Å²) in [6, 6.07) is 14.1. The Bertz CT molecular complexity index is 1010. The Labute approximate surface area is 172 Å². The molecule has 0 aliphatic heterocycles. The van der Waals surface area contributed by atoms with Gasteiger partial charge in [0.1, 0.15) is 10.9 Å². The van der Waals surface area contributed by atoms with Gasteiger partial charge in [0.25, 0.3) is 5.91 Å². The Hall–Kier alpha value is -2.83. The third-order valence-electron chi connectivity index (χ3n) is 3.92. The number of rotatable bonds is 6. The number of amides is 1. The maximum Gasteiger partial charge on any atom is 0.271 e. The molecule has 0 fully saturated rings. The molecule has 3 aromatic rings. The summed E-state index contributed by atoms with van der Waals surface area (Å²) in [6.07, 6.45) is 1.46. The van der Waals surface area contributed by atoms with Gasteiger partial charge >= 0.3 is 0 Å². The van der Waals surface area contributed by atoms with E-state index in [-0.39, 0.29) is 5.91 Å². The fraction of sp³-hybridized carbons (Fsp3) is 0.150. The van der Waals surface area contributed by atoms with Crippen LogP contribution in [0.3, 0.4) is 0 Å². The molecule has 0 radical (unpaired) electrons. The van der Waals surface area contributed by atoms with Crippen molar-refractivity contribution in [3.63, 3.8) is 0 Å². The number of ether oxygens (including phenoxy) is 1. The van der Waals surface area contributed by atoms with Gasteiger partial charge in [0.15, 0.2) is 0 Å². The number of nitrogens with zero attached hydrogens (tertiary/aromatic N) is 3. The van der Waals surface area contributed by atoms with Crippen LogP contribution in [0.1, 0.15) is 28.5 Å². The van der Waals surface area contributed by atoms with Crippen LogP contribution in [0.15, 0.2) is 53.6 Å². The first kappa shape index (κ1) is 19.9. The summed E-state index contributed by atoms with van der Waals surface area (Å²) in [5.41, 5.74) is 4.86. The number of carbonyl (C=O) groups excluding carboxylic acids is 1. The fourth-order valence-corrected chi connectivity index (χ4v) is 3.06. The lowest BCUT2D eigenvalue weighted by Crippen LogP contribution is -2.17. The number of aromatic nitrogens is 2. The molecule has 0 bridgehead atoms. The third kappa shape index (κ3) is 4.35. The summed E-state index contributed by atoms with van der Waals surface area (Å²) in [7, 11) is 0. The molecule has 0 aliphatic rings. The topological polar surface area (TPSA) is 68.5 Å². The van der Waals surface area contributed by atoms with Crippen molar-refractivity contribution in [2.24, 2.45) is 5.10 Å². The number of para-hydroxylation sites is 1. The lowest BCUT2D eigenvalue weighted by molar-refractivity contribution is 0.0955. The molecular formula is C20H18Cl2N4O2. The molecule has 0 atom stereocenters. The molecule has 0 saturated carbocycles. The highest BCUT2D eigenvalue weighted by molar-refractivity contribution is 6.34. The van der Waals surface area contributed by atoms with E-state index < -0.39 is 0 Å². The van der Waals surface area contributed by atoms with E-state index in [0.29, 0.717) is 45.0 Å². The molecule has 1 amide bonds. The van der Waals surface area contributed by atoms with Crippen LogP contribution in [-0.4, -0.2) is 28.5 Å². The largest absolute Gasteiger partial charge is 0.494 e. The van der Waals surface area contributed by atoms with E-state index in [1.165, 1.54) is 10.9 Å². The molecular weight excluding hydrogens is 399 g/mol. The van der Waals surface area contributed by atoms with E-state index in [0.717, 1.165) is 0 Å². The predicted molar refractivity (Wildman–Crippen MR) is 111 cm³/mol. The summed E-state index contributed by atoms with van der Waals surface area (Å²) in [5.74, 6) is 0.364. The normalized spacial score (nSPS) is 11.0. The second kappa shape index (κ2) is 8.91. The van der Waals surface area contributed by atoms with Crippen LogP contribution in [0.25, 0.3) is 5.69 Å². The number of hydrogen-bond donors (Lipinski definition) is 1. The lowest BCUT2D eigenvalue weighted by Gasteiger charge is -2.05. The van der Waals surface area contributed by atoms with Crippen molar-refractivity contribution in [2.75, 3.05) is 6.61 Å². The molecule has 1 aromatic heterocycles. The standard InChI is InChI=1S/C20H18Cl2N4O2/c1-3-28-15-10-8-14(9-11-15)20(27)24-23-12-16-13(2)25-26(19(16)22)18-7-5-4-6-17(18)21/h4-12H,3H2,1-2H3,(H,24,27)/b23-12-. The van der Waals surface area contributed by atoms with Gasteiger partial charge in [-0.2, -0.15) is 10.2 Å². The van der Waals surface area contributed by atoms with Gasteiger partial charge < -0.3 is 4.74 Å². The van der Waals surface area contributed by atoms with E-state index in [1.807, 2.05) is 25.1 Å². The Morgan fingerprint density at radius 1 is 1.21 bits per heavy atom.